The zero-order chi connectivity index (χ0) is 14.5. The number of hydrogen-bond acceptors (Lipinski definition) is 0. The van der Waals surface area contributed by atoms with Gasteiger partial charge in [-0.05, 0) is 19.3 Å². The lowest BCUT2D eigenvalue weighted by Gasteiger charge is -1.81. The van der Waals surface area contributed by atoms with Crippen LogP contribution in [0.3, 0.4) is 0 Å². The van der Waals surface area contributed by atoms with Crippen LogP contribution in [0, 0.1) is 0 Å². The molecule has 0 heterocycles. The minimum absolute atomic E-state index is 1.18. The quantitative estimate of drug-likeness (QED) is 0.303. The van der Waals surface area contributed by atoms with E-state index in [1.807, 2.05) is 18.2 Å². The van der Waals surface area contributed by atoms with Crippen molar-refractivity contribution in [3.63, 3.8) is 0 Å². The molecule has 0 heteroatoms. The second-order valence-electron chi connectivity index (χ2n) is 4.29. The van der Waals surface area contributed by atoms with Gasteiger partial charge in [0.2, 0.25) is 0 Å². The van der Waals surface area contributed by atoms with E-state index in [1.165, 1.54) is 57.8 Å². The van der Waals surface area contributed by atoms with E-state index in [0.717, 1.165) is 0 Å². The van der Waals surface area contributed by atoms with E-state index >= 15 is 0 Å². The van der Waals surface area contributed by atoms with Crippen molar-refractivity contribution in [2.24, 2.45) is 0 Å². The van der Waals surface area contributed by atoms with Crippen molar-refractivity contribution in [3.05, 3.63) is 38.0 Å². The summed E-state index contributed by atoms with van der Waals surface area (Å²) in [5, 5.41) is 0. The molecule has 0 amide bonds. The van der Waals surface area contributed by atoms with Crippen LogP contribution in [-0.2, 0) is 0 Å². The Kier molecular flexibility index (Phi) is 37.1. The van der Waals surface area contributed by atoms with Crippen LogP contribution >= 0.6 is 0 Å². The Morgan fingerprint density at radius 2 is 0.778 bits per heavy atom. The minimum Gasteiger partial charge on any atom is -0.103 e. The molecule has 0 aromatic heterocycles. The maximum Gasteiger partial charge on any atom is -0.0354 e. The Morgan fingerprint density at radius 3 is 0.833 bits per heavy atom. The molecule has 0 unspecified atom stereocenters. The molecule has 0 rings (SSSR count). The molecule has 0 N–H and O–H groups in total. The van der Waals surface area contributed by atoms with Crippen LogP contribution in [-0.4, -0.2) is 0 Å². The van der Waals surface area contributed by atoms with Gasteiger partial charge in [0.15, 0.2) is 0 Å². The Labute approximate surface area is 117 Å². The summed E-state index contributed by atoms with van der Waals surface area (Å²) in [6, 6.07) is 0. The van der Waals surface area contributed by atoms with Gasteiger partial charge in [0.05, 0.1) is 0 Å². The van der Waals surface area contributed by atoms with Gasteiger partial charge in [-0.15, -0.1) is 19.7 Å². The maximum absolute atomic E-state index is 3.60. The Bertz CT molecular complexity index is 116. The fourth-order valence-electron chi connectivity index (χ4n) is 1.05. The second-order valence-corrected chi connectivity index (χ2v) is 4.29. The molecule has 0 bridgehead atoms. The highest BCUT2D eigenvalue weighted by molar-refractivity contribution is 4.65. The maximum atomic E-state index is 3.60. The lowest BCUT2D eigenvalue weighted by atomic mass is 10.3. The van der Waals surface area contributed by atoms with Crippen LogP contribution in [0.2, 0.25) is 0 Å². The fraction of sp³-hybridized carbons (Fsp3) is 0.667. The predicted molar refractivity (Wildman–Crippen MR) is 89.2 cm³/mol. The van der Waals surface area contributed by atoms with Gasteiger partial charge in [-0.25, -0.2) is 0 Å². The molecule has 0 saturated heterocycles. The first-order valence-corrected chi connectivity index (χ1v) is 7.57. The number of rotatable bonds is 9. The second kappa shape index (κ2) is 29.8. The van der Waals surface area contributed by atoms with Gasteiger partial charge < -0.3 is 0 Å². The van der Waals surface area contributed by atoms with Crippen molar-refractivity contribution in [1.82, 2.24) is 0 Å². The van der Waals surface area contributed by atoms with Crippen molar-refractivity contribution < 1.29 is 0 Å². The SMILES string of the molecule is C=CCCCC.C=CCCCC.C=CCCCC. The molecule has 0 spiro atoms. The smallest absolute Gasteiger partial charge is 0.0354 e. The van der Waals surface area contributed by atoms with E-state index in [4.69, 9.17) is 0 Å². The molecule has 0 radical (unpaired) electrons. The first-order valence-electron chi connectivity index (χ1n) is 7.57. The molecule has 0 saturated carbocycles. The zero-order valence-electron chi connectivity index (χ0n) is 13.2. The van der Waals surface area contributed by atoms with Crippen molar-refractivity contribution in [2.45, 2.75) is 78.6 Å². The van der Waals surface area contributed by atoms with Crippen LogP contribution in [0.25, 0.3) is 0 Å². The molecular weight excluding hydrogens is 216 g/mol. The summed E-state index contributed by atoms with van der Waals surface area (Å²) < 4.78 is 0. The minimum atomic E-state index is 1.18. The van der Waals surface area contributed by atoms with Crippen LogP contribution in [0.4, 0.5) is 0 Å². The van der Waals surface area contributed by atoms with E-state index in [9.17, 15) is 0 Å². The normalized spacial score (nSPS) is 8.17. The highest BCUT2D eigenvalue weighted by Gasteiger charge is 1.72. The van der Waals surface area contributed by atoms with E-state index in [-0.39, 0.29) is 0 Å². The third-order valence-corrected chi connectivity index (χ3v) is 2.29. The lowest BCUT2D eigenvalue weighted by molar-refractivity contribution is 0.816. The van der Waals surface area contributed by atoms with Crippen LogP contribution in [0.1, 0.15) is 78.6 Å². The molecule has 0 aliphatic rings. The topological polar surface area (TPSA) is 0 Å². The lowest BCUT2D eigenvalue weighted by Crippen LogP contribution is -1.61. The third kappa shape index (κ3) is 45.5. The van der Waals surface area contributed by atoms with Crippen molar-refractivity contribution in [3.8, 4) is 0 Å². The molecule has 0 aliphatic heterocycles. The van der Waals surface area contributed by atoms with Gasteiger partial charge in [-0.2, -0.15) is 0 Å². The van der Waals surface area contributed by atoms with Crippen molar-refractivity contribution in [2.75, 3.05) is 0 Å². The van der Waals surface area contributed by atoms with Crippen LogP contribution in [0.5, 0.6) is 0 Å². The molecule has 0 fully saturated rings. The van der Waals surface area contributed by atoms with Gasteiger partial charge in [0, 0.05) is 0 Å². The van der Waals surface area contributed by atoms with Gasteiger partial charge in [0.1, 0.15) is 0 Å². The Morgan fingerprint density at radius 1 is 0.556 bits per heavy atom. The van der Waals surface area contributed by atoms with E-state index in [1.54, 1.807) is 0 Å². The molecule has 108 valence electrons. The first kappa shape index (κ1) is 22.4. The number of hydrogen-bond donors (Lipinski definition) is 0. The fourth-order valence-corrected chi connectivity index (χ4v) is 1.05. The van der Waals surface area contributed by atoms with E-state index < -0.39 is 0 Å². The number of allylic oxidation sites excluding steroid dienone is 3. The van der Waals surface area contributed by atoms with Crippen LogP contribution < -0.4 is 0 Å². The zero-order valence-corrected chi connectivity index (χ0v) is 13.2. The van der Waals surface area contributed by atoms with E-state index in [2.05, 4.69) is 40.5 Å². The average molecular weight is 252 g/mol. The summed E-state index contributed by atoms with van der Waals surface area (Å²) in [6.45, 7) is 17.3. The average Bonchev–Trinajstić information content (AvgIpc) is 2.42. The molecule has 0 atom stereocenters. The monoisotopic (exact) mass is 252 g/mol. The Balaban J connectivity index is -0.000000187. The third-order valence-electron chi connectivity index (χ3n) is 2.29. The van der Waals surface area contributed by atoms with E-state index in [0.29, 0.717) is 0 Å². The summed E-state index contributed by atoms with van der Waals surface area (Å²) in [6.07, 6.45) is 17.2. The van der Waals surface area contributed by atoms with Crippen molar-refractivity contribution >= 4 is 0 Å². The molecule has 0 aliphatic carbocycles. The molecular formula is C18H36. The van der Waals surface area contributed by atoms with Gasteiger partial charge in [0.25, 0.3) is 0 Å². The first-order chi connectivity index (χ1) is 8.74. The molecule has 0 aromatic carbocycles. The Hall–Kier alpha value is -0.780. The van der Waals surface area contributed by atoms with Gasteiger partial charge in [-0.1, -0.05) is 77.5 Å². The highest BCUT2D eigenvalue weighted by Crippen LogP contribution is 1.92. The number of unbranched alkanes of at least 4 members (excludes halogenated alkanes) is 6. The summed E-state index contributed by atoms with van der Waals surface area (Å²) >= 11 is 0. The molecule has 0 aromatic rings. The molecule has 18 heavy (non-hydrogen) atoms. The van der Waals surface area contributed by atoms with Gasteiger partial charge >= 0.3 is 0 Å². The van der Waals surface area contributed by atoms with Gasteiger partial charge in [-0.3, -0.25) is 0 Å². The van der Waals surface area contributed by atoms with Crippen LogP contribution in [0.15, 0.2) is 38.0 Å². The van der Waals surface area contributed by atoms with Crippen molar-refractivity contribution in [1.29, 1.82) is 0 Å². The summed E-state index contributed by atoms with van der Waals surface area (Å²) in [4.78, 5) is 0. The summed E-state index contributed by atoms with van der Waals surface area (Å²) in [5.41, 5.74) is 0. The summed E-state index contributed by atoms with van der Waals surface area (Å²) in [5.74, 6) is 0. The highest BCUT2D eigenvalue weighted by atomic mass is 13.8. The molecule has 0 nitrogen and oxygen atoms in total. The largest absolute Gasteiger partial charge is 0.103 e. The predicted octanol–water partition coefficient (Wildman–Crippen LogP) is 7.09. The standard InChI is InChI=1S/3C6H12/c3*1-3-5-6-4-2/h3*3H,1,4-6H2,2H3. The summed E-state index contributed by atoms with van der Waals surface area (Å²) in [7, 11) is 0.